The Morgan fingerprint density at radius 2 is 1.64 bits per heavy atom. The van der Waals surface area contributed by atoms with Crippen molar-refractivity contribution in [1.82, 2.24) is 0 Å². The molecule has 0 heterocycles. The third-order valence-electron chi connectivity index (χ3n) is 4.11. The fourth-order valence-electron chi connectivity index (χ4n) is 2.76. The van der Waals surface area contributed by atoms with Crippen LogP contribution in [0.4, 0.5) is 5.69 Å². The quantitative estimate of drug-likeness (QED) is 0.451. The van der Waals surface area contributed by atoms with E-state index in [9.17, 15) is 4.79 Å². The molecule has 0 aliphatic carbocycles. The molecule has 3 heteroatoms. The molecule has 0 unspecified atom stereocenters. The first-order valence-corrected chi connectivity index (χ1v) is 8.58. The van der Waals surface area contributed by atoms with E-state index in [-0.39, 0.29) is 5.97 Å². The number of methoxy groups -OCH3 is 1. The second kappa shape index (κ2) is 10.3. The molecule has 0 N–H and O–H groups in total. The average Bonchev–Trinajstić information content (AvgIpc) is 2.53. The maximum atomic E-state index is 11.9. The number of ether oxygens (including phenoxy) is 1. The van der Waals surface area contributed by atoms with Gasteiger partial charge in [-0.05, 0) is 37.5 Å². The van der Waals surface area contributed by atoms with Gasteiger partial charge in [0.15, 0.2) is 0 Å². The highest BCUT2D eigenvalue weighted by Gasteiger charge is 2.15. The van der Waals surface area contributed by atoms with Gasteiger partial charge in [-0.3, -0.25) is 0 Å². The molecule has 0 spiro atoms. The minimum atomic E-state index is -0.249. The monoisotopic (exact) mass is 305 g/mol. The average molecular weight is 305 g/mol. The van der Waals surface area contributed by atoms with Crippen LogP contribution in [0.2, 0.25) is 0 Å². The molecule has 0 aliphatic heterocycles. The lowest BCUT2D eigenvalue weighted by molar-refractivity contribution is 0.0600. The SMILES string of the molecule is CCCCCN(CCCCC)c1cccc(C(=O)OC)c1C. The summed E-state index contributed by atoms with van der Waals surface area (Å²) in [6.45, 7) is 8.59. The molecule has 0 fully saturated rings. The molecule has 1 aromatic carbocycles. The topological polar surface area (TPSA) is 29.5 Å². The second-order valence-electron chi connectivity index (χ2n) is 5.84. The number of benzene rings is 1. The fourth-order valence-corrected chi connectivity index (χ4v) is 2.76. The van der Waals surface area contributed by atoms with E-state index in [1.807, 2.05) is 19.1 Å². The highest BCUT2D eigenvalue weighted by molar-refractivity contribution is 5.92. The lowest BCUT2D eigenvalue weighted by atomic mass is 10.0. The molecular weight excluding hydrogens is 274 g/mol. The molecule has 0 bridgehead atoms. The minimum absolute atomic E-state index is 0.249. The highest BCUT2D eigenvalue weighted by atomic mass is 16.5. The Labute approximate surface area is 135 Å². The minimum Gasteiger partial charge on any atom is -0.465 e. The molecule has 1 aromatic rings. The molecule has 0 atom stereocenters. The Morgan fingerprint density at radius 3 is 2.14 bits per heavy atom. The van der Waals surface area contributed by atoms with Crippen LogP contribution >= 0.6 is 0 Å². The first-order chi connectivity index (χ1) is 10.7. The van der Waals surface area contributed by atoms with Gasteiger partial charge in [0.1, 0.15) is 0 Å². The van der Waals surface area contributed by atoms with E-state index >= 15 is 0 Å². The third kappa shape index (κ3) is 5.36. The number of hydrogen-bond acceptors (Lipinski definition) is 3. The van der Waals surface area contributed by atoms with Crippen LogP contribution in [-0.4, -0.2) is 26.2 Å². The predicted octanol–water partition coefficient (Wildman–Crippen LogP) is 4.97. The maximum absolute atomic E-state index is 11.9. The van der Waals surface area contributed by atoms with E-state index in [0.717, 1.165) is 18.7 Å². The first-order valence-electron chi connectivity index (χ1n) is 8.58. The van der Waals surface area contributed by atoms with Gasteiger partial charge in [0, 0.05) is 18.8 Å². The van der Waals surface area contributed by atoms with Crippen molar-refractivity contribution in [2.75, 3.05) is 25.1 Å². The third-order valence-corrected chi connectivity index (χ3v) is 4.11. The summed E-state index contributed by atoms with van der Waals surface area (Å²) < 4.78 is 4.89. The van der Waals surface area contributed by atoms with Crippen molar-refractivity contribution in [2.45, 2.75) is 59.3 Å². The fraction of sp³-hybridized carbons (Fsp3) is 0.632. The molecule has 22 heavy (non-hydrogen) atoms. The first kappa shape index (κ1) is 18.5. The normalized spacial score (nSPS) is 10.5. The van der Waals surface area contributed by atoms with Crippen molar-refractivity contribution in [3.05, 3.63) is 29.3 Å². The zero-order valence-corrected chi connectivity index (χ0v) is 14.7. The molecule has 124 valence electrons. The summed E-state index contributed by atoms with van der Waals surface area (Å²) in [7, 11) is 1.44. The van der Waals surface area contributed by atoms with E-state index in [1.165, 1.54) is 51.3 Å². The van der Waals surface area contributed by atoms with Gasteiger partial charge >= 0.3 is 5.97 Å². The summed E-state index contributed by atoms with van der Waals surface area (Å²) in [4.78, 5) is 14.3. The molecule has 3 nitrogen and oxygen atoms in total. The van der Waals surface area contributed by atoms with Gasteiger partial charge in [0.2, 0.25) is 0 Å². The van der Waals surface area contributed by atoms with Gasteiger partial charge in [0.25, 0.3) is 0 Å². The largest absolute Gasteiger partial charge is 0.465 e. The van der Waals surface area contributed by atoms with Crippen molar-refractivity contribution in [2.24, 2.45) is 0 Å². The number of unbranched alkanes of at least 4 members (excludes halogenated alkanes) is 4. The summed E-state index contributed by atoms with van der Waals surface area (Å²) >= 11 is 0. The molecule has 0 radical (unpaired) electrons. The summed E-state index contributed by atoms with van der Waals surface area (Å²) in [5.41, 5.74) is 2.88. The molecule has 0 amide bonds. The van der Waals surface area contributed by atoms with Crippen molar-refractivity contribution in [3.8, 4) is 0 Å². The van der Waals surface area contributed by atoms with Gasteiger partial charge in [-0.15, -0.1) is 0 Å². The van der Waals surface area contributed by atoms with Gasteiger partial charge in [0.05, 0.1) is 12.7 Å². The molecule has 0 aromatic heterocycles. The number of carbonyl (C=O) groups excluding carboxylic acids is 1. The zero-order valence-electron chi connectivity index (χ0n) is 14.7. The molecule has 0 saturated carbocycles. The van der Waals surface area contributed by atoms with Crippen molar-refractivity contribution < 1.29 is 9.53 Å². The van der Waals surface area contributed by atoms with Crippen molar-refractivity contribution in [1.29, 1.82) is 0 Å². The second-order valence-corrected chi connectivity index (χ2v) is 5.84. The molecule has 1 rings (SSSR count). The van der Waals surface area contributed by atoms with E-state index < -0.39 is 0 Å². The van der Waals surface area contributed by atoms with E-state index in [2.05, 4.69) is 24.8 Å². The Balaban J connectivity index is 2.93. The van der Waals surface area contributed by atoms with E-state index in [1.54, 1.807) is 0 Å². The van der Waals surface area contributed by atoms with Gasteiger partial charge in [-0.2, -0.15) is 0 Å². The Kier molecular flexibility index (Phi) is 8.64. The van der Waals surface area contributed by atoms with Crippen LogP contribution in [0.5, 0.6) is 0 Å². The number of hydrogen-bond donors (Lipinski definition) is 0. The molecule has 0 saturated heterocycles. The van der Waals surface area contributed by atoms with Crippen LogP contribution < -0.4 is 4.90 Å². The van der Waals surface area contributed by atoms with Crippen molar-refractivity contribution in [3.63, 3.8) is 0 Å². The highest BCUT2D eigenvalue weighted by Crippen LogP contribution is 2.25. The summed E-state index contributed by atoms with van der Waals surface area (Å²) in [5.74, 6) is -0.249. The van der Waals surface area contributed by atoms with Crippen LogP contribution in [0.3, 0.4) is 0 Å². The number of anilines is 1. The smallest absolute Gasteiger partial charge is 0.338 e. The van der Waals surface area contributed by atoms with Crippen LogP contribution in [0.15, 0.2) is 18.2 Å². The Bertz CT molecular complexity index is 447. The Morgan fingerprint density at radius 1 is 1.05 bits per heavy atom. The number of esters is 1. The lowest BCUT2D eigenvalue weighted by Gasteiger charge is -2.27. The van der Waals surface area contributed by atoms with Crippen LogP contribution in [-0.2, 0) is 4.74 Å². The number of nitrogens with zero attached hydrogens (tertiary/aromatic N) is 1. The van der Waals surface area contributed by atoms with Crippen molar-refractivity contribution >= 4 is 11.7 Å². The standard InChI is InChI=1S/C19H31NO2/c1-5-7-9-14-20(15-10-8-6-2)18-13-11-12-17(16(18)3)19(21)22-4/h11-13H,5-10,14-15H2,1-4H3. The number of rotatable bonds is 10. The van der Waals surface area contributed by atoms with Crippen LogP contribution in [0.25, 0.3) is 0 Å². The van der Waals surface area contributed by atoms with Gasteiger partial charge in [-0.25, -0.2) is 4.79 Å². The summed E-state index contributed by atoms with van der Waals surface area (Å²) in [6, 6.07) is 5.93. The zero-order chi connectivity index (χ0) is 16.4. The number of carbonyl (C=O) groups is 1. The van der Waals surface area contributed by atoms with Gasteiger partial charge in [-0.1, -0.05) is 45.6 Å². The lowest BCUT2D eigenvalue weighted by Crippen LogP contribution is -2.27. The van der Waals surface area contributed by atoms with Gasteiger partial charge < -0.3 is 9.64 Å². The van der Waals surface area contributed by atoms with E-state index in [4.69, 9.17) is 4.74 Å². The summed E-state index contributed by atoms with van der Waals surface area (Å²) in [5, 5.41) is 0. The van der Waals surface area contributed by atoms with Crippen LogP contribution in [0, 0.1) is 6.92 Å². The molecular formula is C19H31NO2. The maximum Gasteiger partial charge on any atom is 0.338 e. The summed E-state index contributed by atoms with van der Waals surface area (Å²) in [6.07, 6.45) is 7.35. The van der Waals surface area contributed by atoms with E-state index in [0.29, 0.717) is 5.56 Å². The Hall–Kier alpha value is -1.51. The van der Waals surface area contributed by atoms with Crippen LogP contribution in [0.1, 0.15) is 68.3 Å². The molecule has 0 aliphatic rings. The predicted molar refractivity (Wildman–Crippen MR) is 93.8 cm³/mol.